The molecule has 144 valence electrons. The maximum atomic E-state index is 13.5. The van der Waals surface area contributed by atoms with Crippen LogP contribution in [0.25, 0.3) is 11.0 Å². The number of fused-ring (bicyclic) bond motifs is 3. The zero-order valence-electron chi connectivity index (χ0n) is 15.7. The van der Waals surface area contributed by atoms with Gasteiger partial charge in [0, 0.05) is 18.3 Å². The molecule has 4 heterocycles. The minimum absolute atomic E-state index is 0.0218. The Morgan fingerprint density at radius 2 is 1.82 bits per heavy atom. The minimum Gasteiger partial charge on any atom is -0.393 e. The number of nitrogens with zero attached hydrogens (tertiary/aromatic N) is 4. The van der Waals surface area contributed by atoms with Crippen LogP contribution in [-0.2, 0) is 6.54 Å². The van der Waals surface area contributed by atoms with Crippen molar-refractivity contribution in [2.45, 2.75) is 56.8 Å². The maximum Gasteiger partial charge on any atom is 0.275 e. The molecular formula is C22H24N4O2. The predicted molar refractivity (Wildman–Crippen MR) is 106 cm³/mol. The van der Waals surface area contributed by atoms with Gasteiger partial charge < -0.3 is 10.0 Å². The van der Waals surface area contributed by atoms with Gasteiger partial charge in [-0.15, -0.1) is 0 Å². The van der Waals surface area contributed by atoms with Crippen LogP contribution in [0.3, 0.4) is 0 Å². The third-order valence-electron chi connectivity index (χ3n) is 6.07. The number of pyridine rings is 1. The molecule has 2 aliphatic heterocycles. The number of carbonyl (C=O) groups is 1. The normalized spacial score (nSPS) is 24.5. The summed E-state index contributed by atoms with van der Waals surface area (Å²) in [6, 6.07) is 14.1. The molecule has 5 rings (SSSR count). The molecule has 6 nitrogen and oxygen atoms in total. The quantitative estimate of drug-likeness (QED) is 0.763. The third kappa shape index (κ3) is 2.98. The van der Waals surface area contributed by atoms with Gasteiger partial charge >= 0.3 is 0 Å². The number of aromatic nitrogens is 3. The summed E-state index contributed by atoms with van der Waals surface area (Å²) >= 11 is 0. The van der Waals surface area contributed by atoms with Crippen LogP contribution in [0.5, 0.6) is 0 Å². The highest BCUT2D eigenvalue weighted by atomic mass is 16.3. The summed E-state index contributed by atoms with van der Waals surface area (Å²) in [6.45, 7) is 0.577. The highest BCUT2D eigenvalue weighted by molar-refractivity contribution is 6.04. The largest absolute Gasteiger partial charge is 0.393 e. The SMILES string of the molecule is O=C(c1nn(Cc2ccccc2)c2ncccc12)N1[C@@H]2CCC[C@H]1CC(O)C2. The van der Waals surface area contributed by atoms with Gasteiger partial charge in [-0.25, -0.2) is 9.67 Å². The first kappa shape index (κ1) is 17.4. The van der Waals surface area contributed by atoms with E-state index in [0.29, 0.717) is 25.1 Å². The molecule has 3 aromatic rings. The number of hydrogen-bond acceptors (Lipinski definition) is 4. The van der Waals surface area contributed by atoms with Crippen LogP contribution in [-0.4, -0.2) is 48.9 Å². The van der Waals surface area contributed by atoms with Crippen LogP contribution < -0.4 is 0 Å². The van der Waals surface area contributed by atoms with Gasteiger partial charge in [-0.1, -0.05) is 30.3 Å². The molecule has 3 atom stereocenters. The molecule has 28 heavy (non-hydrogen) atoms. The van der Waals surface area contributed by atoms with Gasteiger partial charge in [0.15, 0.2) is 11.3 Å². The molecule has 0 saturated carbocycles. The van der Waals surface area contributed by atoms with E-state index >= 15 is 0 Å². The van der Waals surface area contributed by atoms with Gasteiger partial charge in [-0.3, -0.25) is 4.79 Å². The number of rotatable bonds is 3. The van der Waals surface area contributed by atoms with Crippen LogP contribution in [0.4, 0.5) is 0 Å². The third-order valence-corrected chi connectivity index (χ3v) is 6.07. The number of amides is 1. The lowest BCUT2D eigenvalue weighted by Gasteiger charge is -2.47. The lowest BCUT2D eigenvalue weighted by Crippen LogP contribution is -2.56. The summed E-state index contributed by atoms with van der Waals surface area (Å²) in [5, 5.41) is 15.7. The van der Waals surface area contributed by atoms with Crippen molar-refractivity contribution in [2.75, 3.05) is 0 Å². The van der Waals surface area contributed by atoms with Gasteiger partial charge in [0.25, 0.3) is 5.91 Å². The number of aliphatic hydroxyl groups is 1. The summed E-state index contributed by atoms with van der Waals surface area (Å²) in [4.78, 5) is 20.0. The first-order valence-electron chi connectivity index (χ1n) is 10.1. The molecule has 2 aromatic heterocycles. The number of piperidine rings is 2. The molecular weight excluding hydrogens is 352 g/mol. The van der Waals surface area contributed by atoms with E-state index in [4.69, 9.17) is 5.10 Å². The van der Waals surface area contributed by atoms with E-state index in [1.54, 1.807) is 6.20 Å². The highest BCUT2D eigenvalue weighted by Crippen LogP contribution is 2.35. The zero-order valence-corrected chi connectivity index (χ0v) is 15.7. The lowest BCUT2D eigenvalue weighted by atomic mass is 9.82. The van der Waals surface area contributed by atoms with E-state index in [1.807, 2.05) is 52.0 Å². The second kappa shape index (κ2) is 7.02. The fraction of sp³-hybridized carbons (Fsp3) is 0.409. The summed E-state index contributed by atoms with van der Waals surface area (Å²) in [5.74, 6) is -0.0218. The van der Waals surface area contributed by atoms with Crippen LogP contribution >= 0.6 is 0 Å². The summed E-state index contributed by atoms with van der Waals surface area (Å²) < 4.78 is 1.83. The molecule has 1 amide bonds. The lowest BCUT2D eigenvalue weighted by molar-refractivity contribution is -0.0153. The second-order valence-corrected chi connectivity index (χ2v) is 7.94. The Morgan fingerprint density at radius 1 is 1.07 bits per heavy atom. The highest BCUT2D eigenvalue weighted by Gasteiger charge is 2.41. The molecule has 2 saturated heterocycles. The minimum atomic E-state index is -0.298. The first-order chi connectivity index (χ1) is 13.7. The fourth-order valence-electron chi connectivity index (χ4n) is 4.84. The van der Waals surface area contributed by atoms with Crippen LogP contribution in [0, 0.1) is 0 Å². The van der Waals surface area contributed by atoms with Crippen molar-refractivity contribution in [1.29, 1.82) is 0 Å². The monoisotopic (exact) mass is 376 g/mol. The molecule has 0 aliphatic carbocycles. The summed E-state index contributed by atoms with van der Waals surface area (Å²) in [7, 11) is 0. The molecule has 0 radical (unpaired) electrons. The Morgan fingerprint density at radius 3 is 2.57 bits per heavy atom. The number of benzene rings is 1. The molecule has 2 fully saturated rings. The van der Waals surface area contributed by atoms with E-state index in [0.717, 1.165) is 35.9 Å². The molecule has 1 N–H and O–H groups in total. The number of hydrogen-bond donors (Lipinski definition) is 1. The topological polar surface area (TPSA) is 71.2 Å². The smallest absolute Gasteiger partial charge is 0.275 e. The Hall–Kier alpha value is -2.73. The van der Waals surface area contributed by atoms with Crippen molar-refractivity contribution >= 4 is 16.9 Å². The Bertz CT molecular complexity index is 986. The second-order valence-electron chi connectivity index (χ2n) is 7.94. The Labute approximate surface area is 163 Å². The first-order valence-corrected chi connectivity index (χ1v) is 10.1. The average molecular weight is 376 g/mol. The summed E-state index contributed by atoms with van der Waals surface area (Å²) in [5.41, 5.74) is 2.33. The van der Waals surface area contributed by atoms with Crippen molar-refractivity contribution in [3.8, 4) is 0 Å². The van der Waals surface area contributed by atoms with Crippen LogP contribution in [0.15, 0.2) is 48.7 Å². The van der Waals surface area contributed by atoms with Crippen molar-refractivity contribution < 1.29 is 9.90 Å². The average Bonchev–Trinajstić information content (AvgIpc) is 3.06. The molecule has 1 unspecified atom stereocenters. The van der Waals surface area contributed by atoms with Crippen LogP contribution in [0.2, 0.25) is 0 Å². The van der Waals surface area contributed by atoms with Crippen molar-refractivity contribution in [3.05, 3.63) is 59.9 Å². The zero-order chi connectivity index (χ0) is 19.1. The van der Waals surface area contributed by atoms with E-state index < -0.39 is 0 Å². The molecule has 6 heteroatoms. The van der Waals surface area contributed by atoms with E-state index in [9.17, 15) is 9.90 Å². The fourth-order valence-corrected chi connectivity index (χ4v) is 4.84. The van der Waals surface area contributed by atoms with Crippen molar-refractivity contribution in [3.63, 3.8) is 0 Å². The van der Waals surface area contributed by atoms with Crippen molar-refractivity contribution in [2.24, 2.45) is 0 Å². The van der Waals surface area contributed by atoms with E-state index in [-0.39, 0.29) is 24.1 Å². The van der Waals surface area contributed by atoms with E-state index in [1.165, 1.54) is 0 Å². The van der Waals surface area contributed by atoms with Gasteiger partial charge in [0.2, 0.25) is 0 Å². The predicted octanol–water partition coefficient (Wildman–Crippen LogP) is 3.00. The molecule has 1 aromatic carbocycles. The van der Waals surface area contributed by atoms with Gasteiger partial charge in [0.05, 0.1) is 18.0 Å². The van der Waals surface area contributed by atoms with Gasteiger partial charge in [0.1, 0.15) is 0 Å². The summed E-state index contributed by atoms with van der Waals surface area (Å²) in [6.07, 6.45) is 5.82. The Balaban J connectivity index is 1.53. The molecule has 2 aliphatic rings. The van der Waals surface area contributed by atoms with Crippen molar-refractivity contribution in [1.82, 2.24) is 19.7 Å². The van der Waals surface area contributed by atoms with Crippen LogP contribution in [0.1, 0.15) is 48.2 Å². The number of aliphatic hydroxyl groups excluding tert-OH is 1. The van der Waals surface area contributed by atoms with E-state index in [2.05, 4.69) is 4.98 Å². The molecule has 0 spiro atoms. The molecule has 2 bridgehead atoms. The Kier molecular flexibility index (Phi) is 4.36. The standard InChI is InChI=1S/C22H24N4O2/c27-18-12-16-8-4-9-17(13-18)26(16)22(28)20-19-10-5-11-23-21(19)25(24-20)14-15-6-2-1-3-7-15/h1-3,5-7,10-11,16-18,27H,4,8-9,12-14H2/t16-,17+,18?. The number of carbonyl (C=O) groups excluding carboxylic acids is 1. The van der Waals surface area contributed by atoms with Gasteiger partial charge in [-0.2, -0.15) is 5.10 Å². The van der Waals surface area contributed by atoms with Gasteiger partial charge in [-0.05, 0) is 49.8 Å². The maximum absolute atomic E-state index is 13.5.